The number of ether oxygens (including phenoxy) is 1. The van der Waals surface area contributed by atoms with Crippen LogP contribution in [0.25, 0.3) is 0 Å². The molecule has 1 aliphatic heterocycles. The molecule has 2 unspecified atom stereocenters. The number of nitrogens with one attached hydrogen (secondary N) is 1. The van der Waals surface area contributed by atoms with Crippen molar-refractivity contribution >= 4 is 5.97 Å². The number of rotatable bonds is 5. The quantitative estimate of drug-likeness (QED) is 0.704. The Morgan fingerprint density at radius 3 is 2.88 bits per heavy atom. The van der Waals surface area contributed by atoms with Gasteiger partial charge in [0.2, 0.25) is 0 Å². The summed E-state index contributed by atoms with van der Waals surface area (Å²) in [5.74, 6) is -0.795. The molecule has 0 aliphatic carbocycles. The molecule has 5 nitrogen and oxygen atoms in total. The van der Waals surface area contributed by atoms with Gasteiger partial charge in [-0.3, -0.25) is 9.69 Å². The molecule has 2 N–H and O–H groups in total. The molecular weight excluding hydrogens is 208 g/mol. The van der Waals surface area contributed by atoms with Gasteiger partial charge in [-0.15, -0.1) is 0 Å². The van der Waals surface area contributed by atoms with Crippen LogP contribution >= 0.6 is 0 Å². The fourth-order valence-corrected chi connectivity index (χ4v) is 1.80. The van der Waals surface area contributed by atoms with Gasteiger partial charge in [0, 0.05) is 19.1 Å². The zero-order valence-electron chi connectivity index (χ0n) is 10.3. The predicted octanol–water partition coefficient (Wildman–Crippen LogP) is 0.160. The number of nitrogens with zero attached hydrogens (tertiary/aromatic N) is 1. The second-order valence-electron chi connectivity index (χ2n) is 4.60. The van der Waals surface area contributed by atoms with E-state index in [1.807, 2.05) is 0 Å². The molecular formula is C11H22N2O3. The van der Waals surface area contributed by atoms with E-state index in [-0.39, 0.29) is 0 Å². The van der Waals surface area contributed by atoms with Crippen LogP contribution in [-0.4, -0.2) is 60.9 Å². The lowest BCUT2D eigenvalue weighted by Gasteiger charge is -2.35. The van der Waals surface area contributed by atoms with Gasteiger partial charge >= 0.3 is 5.97 Å². The number of carboxylic acid groups (broad SMARTS) is 1. The highest BCUT2D eigenvalue weighted by molar-refractivity contribution is 5.78. The molecule has 0 aromatic heterocycles. The van der Waals surface area contributed by atoms with E-state index in [0.717, 1.165) is 26.3 Å². The standard InChI is InChI=1S/C11H22N2O3/c1-9-8-16-7-6-13(9)5-4-11(2,12-3)10(14)15/h9,12H,4-8H2,1-3H3,(H,14,15). The lowest BCUT2D eigenvalue weighted by Crippen LogP contribution is -2.52. The average molecular weight is 230 g/mol. The van der Waals surface area contributed by atoms with E-state index in [2.05, 4.69) is 17.1 Å². The molecule has 1 fully saturated rings. The van der Waals surface area contributed by atoms with Gasteiger partial charge in [-0.25, -0.2) is 0 Å². The van der Waals surface area contributed by atoms with Gasteiger partial charge in [-0.2, -0.15) is 0 Å². The monoisotopic (exact) mass is 230 g/mol. The Balaban J connectivity index is 2.45. The second kappa shape index (κ2) is 5.61. The maximum absolute atomic E-state index is 11.1. The number of aliphatic carboxylic acids is 1. The smallest absolute Gasteiger partial charge is 0.323 e. The van der Waals surface area contributed by atoms with Gasteiger partial charge in [0.15, 0.2) is 0 Å². The Labute approximate surface area is 96.8 Å². The summed E-state index contributed by atoms with van der Waals surface area (Å²) in [6.07, 6.45) is 0.600. The molecule has 0 amide bonds. The average Bonchev–Trinajstić information content (AvgIpc) is 2.27. The van der Waals surface area contributed by atoms with Crippen LogP contribution in [0, 0.1) is 0 Å². The normalized spacial score (nSPS) is 26.3. The van der Waals surface area contributed by atoms with Crippen molar-refractivity contribution in [3.05, 3.63) is 0 Å². The van der Waals surface area contributed by atoms with Crippen molar-refractivity contribution in [2.75, 3.05) is 33.4 Å². The van der Waals surface area contributed by atoms with Crippen LogP contribution in [0.5, 0.6) is 0 Å². The first-order valence-corrected chi connectivity index (χ1v) is 5.73. The molecule has 1 heterocycles. The van der Waals surface area contributed by atoms with E-state index in [9.17, 15) is 4.79 Å². The van der Waals surface area contributed by atoms with Crippen LogP contribution < -0.4 is 5.32 Å². The molecule has 2 atom stereocenters. The van der Waals surface area contributed by atoms with E-state index in [1.165, 1.54) is 0 Å². The number of hydrogen-bond acceptors (Lipinski definition) is 4. The Bertz CT molecular complexity index is 247. The highest BCUT2D eigenvalue weighted by atomic mass is 16.5. The van der Waals surface area contributed by atoms with Crippen molar-refractivity contribution in [3.8, 4) is 0 Å². The lowest BCUT2D eigenvalue weighted by molar-refractivity contribution is -0.144. The summed E-state index contributed by atoms with van der Waals surface area (Å²) in [6, 6.07) is 0.378. The van der Waals surface area contributed by atoms with Crippen LogP contribution in [0.15, 0.2) is 0 Å². The molecule has 1 rings (SSSR count). The summed E-state index contributed by atoms with van der Waals surface area (Å²) in [5.41, 5.74) is -0.835. The zero-order chi connectivity index (χ0) is 12.2. The van der Waals surface area contributed by atoms with E-state index < -0.39 is 11.5 Å². The Kier molecular flexibility index (Phi) is 4.70. The molecule has 0 aromatic carbocycles. The number of hydrogen-bond donors (Lipinski definition) is 2. The number of carbonyl (C=O) groups is 1. The molecule has 1 saturated heterocycles. The zero-order valence-corrected chi connectivity index (χ0v) is 10.3. The Hall–Kier alpha value is -0.650. The van der Waals surface area contributed by atoms with Gasteiger partial charge in [-0.1, -0.05) is 0 Å². The van der Waals surface area contributed by atoms with Crippen molar-refractivity contribution in [2.24, 2.45) is 0 Å². The third-order valence-corrected chi connectivity index (χ3v) is 3.43. The largest absolute Gasteiger partial charge is 0.480 e. The molecule has 5 heteroatoms. The fourth-order valence-electron chi connectivity index (χ4n) is 1.80. The van der Waals surface area contributed by atoms with Gasteiger partial charge in [0.1, 0.15) is 5.54 Å². The topological polar surface area (TPSA) is 61.8 Å². The fraction of sp³-hybridized carbons (Fsp3) is 0.909. The van der Waals surface area contributed by atoms with E-state index in [1.54, 1.807) is 14.0 Å². The number of likely N-dealkylation sites (N-methyl/N-ethyl adjacent to an activating group) is 1. The minimum absolute atomic E-state index is 0.378. The molecule has 0 saturated carbocycles. The minimum atomic E-state index is -0.835. The van der Waals surface area contributed by atoms with Gasteiger partial charge in [0.05, 0.1) is 13.2 Å². The van der Waals surface area contributed by atoms with Crippen molar-refractivity contribution in [1.82, 2.24) is 10.2 Å². The maximum Gasteiger partial charge on any atom is 0.323 e. The van der Waals surface area contributed by atoms with Crippen LogP contribution in [0.2, 0.25) is 0 Å². The van der Waals surface area contributed by atoms with Crippen LogP contribution in [0.1, 0.15) is 20.3 Å². The maximum atomic E-state index is 11.1. The highest BCUT2D eigenvalue weighted by Gasteiger charge is 2.32. The van der Waals surface area contributed by atoms with Crippen LogP contribution in [0.3, 0.4) is 0 Å². The van der Waals surface area contributed by atoms with Gasteiger partial charge in [-0.05, 0) is 27.3 Å². The summed E-state index contributed by atoms with van der Waals surface area (Å²) in [7, 11) is 1.69. The van der Waals surface area contributed by atoms with Crippen molar-refractivity contribution in [3.63, 3.8) is 0 Å². The first-order valence-electron chi connectivity index (χ1n) is 5.73. The predicted molar refractivity (Wildman–Crippen MR) is 61.6 cm³/mol. The lowest BCUT2D eigenvalue weighted by atomic mass is 9.97. The molecule has 1 aliphatic rings. The first-order chi connectivity index (χ1) is 7.49. The molecule has 0 aromatic rings. The SMILES string of the molecule is CNC(C)(CCN1CCOCC1C)C(=O)O. The third kappa shape index (κ3) is 3.17. The Morgan fingerprint density at radius 2 is 2.38 bits per heavy atom. The van der Waals surface area contributed by atoms with Crippen molar-refractivity contribution in [1.29, 1.82) is 0 Å². The van der Waals surface area contributed by atoms with Crippen molar-refractivity contribution < 1.29 is 14.6 Å². The molecule has 16 heavy (non-hydrogen) atoms. The van der Waals surface area contributed by atoms with Gasteiger partial charge in [0.25, 0.3) is 0 Å². The van der Waals surface area contributed by atoms with Gasteiger partial charge < -0.3 is 15.2 Å². The van der Waals surface area contributed by atoms with Crippen LogP contribution in [-0.2, 0) is 9.53 Å². The highest BCUT2D eigenvalue weighted by Crippen LogP contribution is 2.13. The second-order valence-corrected chi connectivity index (χ2v) is 4.60. The number of morpholine rings is 1. The summed E-state index contributed by atoms with van der Waals surface area (Å²) < 4.78 is 5.34. The van der Waals surface area contributed by atoms with E-state index >= 15 is 0 Å². The number of carboxylic acids is 1. The Morgan fingerprint density at radius 1 is 1.69 bits per heavy atom. The summed E-state index contributed by atoms with van der Waals surface area (Å²) in [6.45, 7) is 6.99. The van der Waals surface area contributed by atoms with E-state index in [0.29, 0.717) is 12.5 Å². The molecule has 0 bridgehead atoms. The third-order valence-electron chi connectivity index (χ3n) is 3.43. The molecule has 94 valence electrons. The summed E-state index contributed by atoms with van der Waals surface area (Å²) in [5, 5.41) is 12.0. The summed E-state index contributed by atoms with van der Waals surface area (Å²) >= 11 is 0. The van der Waals surface area contributed by atoms with E-state index in [4.69, 9.17) is 9.84 Å². The molecule has 0 spiro atoms. The first kappa shape index (κ1) is 13.4. The summed E-state index contributed by atoms with van der Waals surface area (Å²) in [4.78, 5) is 13.4. The van der Waals surface area contributed by atoms with Crippen molar-refractivity contribution in [2.45, 2.75) is 31.8 Å². The minimum Gasteiger partial charge on any atom is -0.480 e. The molecule has 0 radical (unpaired) electrons. The van der Waals surface area contributed by atoms with Crippen LogP contribution in [0.4, 0.5) is 0 Å².